The van der Waals surface area contributed by atoms with Crippen LogP contribution in [0.1, 0.15) is 11.6 Å². The maximum atomic E-state index is 11.3. The fourth-order valence-corrected chi connectivity index (χ4v) is 1.55. The Bertz CT molecular complexity index is 442. The number of amides is 1. The molecule has 1 unspecified atom stereocenters. The Hall–Kier alpha value is -1.40. The molecule has 0 saturated heterocycles. The van der Waals surface area contributed by atoms with Gasteiger partial charge < -0.3 is 5.73 Å². The Morgan fingerprint density at radius 2 is 1.87 bits per heavy atom. The number of benzene rings is 1. The number of rotatable bonds is 3. The van der Waals surface area contributed by atoms with E-state index in [0.717, 1.165) is 6.26 Å². The third-order valence-electron chi connectivity index (χ3n) is 1.73. The molecule has 6 heteroatoms. The minimum Gasteiger partial charge on any atom is -0.316 e. The van der Waals surface area contributed by atoms with Gasteiger partial charge in [-0.1, -0.05) is 30.3 Å². The van der Waals surface area contributed by atoms with Gasteiger partial charge in [0.05, 0.1) is 6.26 Å². The molecule has 0 saturated carbocycles. The van der Waals surface area contributed by atoms with Gasteiger partial charge in [-0.15, -0.1) is 0 Å². The van der Waals surface area contributed by atoms with Crippen LogP contribution in [0.3, 0.4) is 0 Å². The zero-order chi connectivity index (χ0) is 11.5. The second kappa shape index (κ2) is 4.41. The molecular weight excluding hydrogens is 216 g/mol. The van der Waals surface area contributed by atoms with Gasteiger partial charge in [0.2, 0.25) is 10.0 Å². The summed E-state index contributed by atoms with van der Waals surface area (Å²) in [5.41, 5.74) is 6.14. The highest BCUT2D eigenvalue weighted by Gasteiger charge is 2.18. The first-order valence-corrected chi connectivity index (χ1v) is 6.11. The Kier molecular flexibility index (Phi) is 3.43. The van der Waals surface area contributed by atoms with E-state index in [4.69, 9.17) is 5.73 Å². The number of carbonyl (C=O) groups excluding carboxylic acids is 1. The Labute approximate surface area is 88.3 Å². The average molecular weight is 228 g/mol. The van der Waals surface area contributed by atoms with Gasteiger partial charge in [0.25, 0.3) is 5.91 Å². The summed E-state index contributed by atoms with van der Waals surface area (Å²) in [6.45, 7) is 0. The van der Waals surface area contributed by atoms with Gasteiger partial charge in [-0.3, -0.25) is 9.52 Å². The first-order valence-electron chi connectivity index (χ1n) is 4.22. The smallest absolute Gasteiger partial charge is 0.254 e. The summed E-state index contributed by atoms with van der Waals surface area (Å²) in [5, 5.41) is 0. The van der Waals surface area contributed by atoms with E-state index in [2.05, 4.69) is 0 Å². The Morgan fingerprint density at radius 1 is 1.33 bits per heavy atom. The molecule has 0 spiro atoms. The van der Waals surface area contributed by atoms with Crippen LogP contribution in [0.15, 0.2) is 30.3 Å². The molecule has 82 valence electrons. The van der Waals surface area contributed by atoms with Crippen molar-refractivity contribution in [1.29, 1.82) is 0 Å². The fourth-order valence-electron chi connectivity index (χ4n) is 1.06. The number of nitrogens with two attached hydrogens (primary N) is 1. The number of hydrogen-bond donors (Lipinski definition) is 2. The van der Waals surface area contributed by atoms with Crippen LogP contribution in [0.2, 0.25) is 0 Å². The Morgan fingerprint density at radius 3 is 2.33 bits per heavy atom. The molecule has 0 aromatic heterocycles. The van der Waals surface area contributed by atoms with E-state index < -0.39 is 22.0 Å². The van der Waals surface area contributed by atoms with Crippen molar-refractivity contribution in [2.75, 3.05) is 6.26 Å². The van der Waals surface area contributed by atoms with Crippen LogP contribution in [-0.2, 0) is 14.8 Å². The minimum atomic E-state index is -3.56. The first-order chi connectivity index (χ1) is 6.90. The van der Waals surface area contributed by atoms with Crippen LogP contribution in [0, 0.1) is 0 Å². The highest BCUT2D eigenvalue weighted by molar-refractivity contribution is 7.89. The molecule has 1 rings (SSSR count). The SMILES string of the molecule is CS(=O)(=O)NC(=O)C(N)c1ccccc1. The second-order valence-corrected chi connectivity index (χ2v) is 4.88. The van der Waals surface area contributed by atoms with Crippen LogP contribution in [0.25, 0.3) is 0 Å². The molecule has 0 radical (unpaired) electrons. The normalized spacial score (nSPS) is 13.2. The molecule has 15 heavy (non-hydrogen) atoms. The van der Waals surface area contributed by atoms with Gasteiger partial charge in [0.15, 0.2) is 0 Å². The monoisotopic (exact) mass is 228 g/mol. The van der Waals surface area contributed by atoms with Crippen LogP contribution >= 0.6 is 0 Å². The van der Waals surface area contributed by atoms with Gasteiger partial charge in [0, 0.05) is 0 Å². The van der Waals surface area contributed by atoms with Crippen molar-refractivity contribution in [3.05, 3.63) is 35.9 Å². The van der Waals surface area contributed by atoms with E-state index >= 15 is 0 Å². The van der Waals surface area contributed by atoms with Gasteiger partial charge in [-0.25, -0.2) is 8.42 Å². The topological polar surface area (TPSA) is 89.3 Å². The third-order valence-corrected chi connectivity index (χ3v) is 2.30. The predicted octanol–water partition coefficient (Wildman–Crippen LogP) is -0.238. The van der Waals surface area contributed by atoms with Crippen LogP contribution in [0.5, 0.6) is 0 Å². The molecule has 0 heterocycles. The lowest BCUT2D eigenvalue weighted by Crippen LogP contribution is -2.37. The molecule has 0 bridgehead atoms. The lowest BCUT2D eigenvalue weighted by Gasteiger charge is -2.10. The first kappa shape index (κ1) is 11.7. The minimum absolute atomic E-state index is 0.568. The zero-order valence-electron chi connectivity index (χ0n) is 8.17. The van der Waals surface area contributed by atoms with Crippen LogP contribution < -0.4 is 10.5 Å². The molecule has 0 fully saturated rings. The van der Waals surface area contributed by atoms with Crippen molar-refractivity contribution >= 4 is 15.9 Å². The highest BCUT2D eigenvalue weighted by Crippen LogP contribution is 2.09. The molecule has 0 aliphatic carbocycles. The standard InChI is InChI=1S/C9H12N2O3S/c1-15(13,14)11-9(12)8(10)7-5-3-2-4-6-7/h2-6,8H,10H2,1H3,(H,11,12). The van der Waals surface area contributed by atoms with Gasteiger partial charge in [-0.2, -0.15) is 0 Å². The molecule has 0 aliphatic heterocycles. The molecular formula is C9H12N2O3S. The van der Waals surface area contributed by atoms with Gasteiger partial charge >= 0.3 is 0 Å². The average Bonchev–Trinajstić information content (AvgIpc) is 2.15. The van der Waals surface area contributed by atoms with E-state index in [1.807, 2.05) is 4.72 Å². The summed E-state index contributed by atoms with van der Waals surface area (Å²) in [6.07, 6.45) is 0.905. The molecule has 5 nitrogen and oxygen atoms in total. The van der Waals surface area contributed by atoms with E-state index in [0.29, 0.717) is 5.56 Å². The zero-order valence-corrected chi connectivity index (χ0v) is 8.99. The molecule has 1 atom stereocenters. The summed E-state index contributed by atoms with van der Waals surface area (Å²) in [5.74, 6) is -0.733. The maximum absolute atomic E-state index is 11.3. The molecule has 1 amide bonds. The van der Waals surface area contributed by atoms with Crippen molar-refractivity contribution in [3.8, 4) is 0 Å². The number of carbonyl (C=O) groups is 1. The molecule has 1 aromatic rings. The van der Waals surface area contributed by atoms with Crippen molar-refractivity contribution < 1.29 is 13.2 Å². The highest BCUT2D eigenvalue weighted by atomic mass is 32.2. The van der Waals surface area contributed by atoms with Gasteiger partial charge in [-0.05, 0) is 5.56 Å². The number of sulfonamides is 1. The van der Waals surface area contributed by atoms with E-state index in [-0.39, 0.29) is 0 Å². The van der Waals surface area contributed by atoms with Crippen LogP contribution in [-0.4, -0.2) is 20.6 Å². The van der Waals surface area contributed by atoms with Crippen molar-refractivity contribution in [2.24, 2.45) is 5.73 Å². The largest absolute Gasteiger partial charge is 0.316 e. The second-order valence-electron chi connectivity index (χ2n) is 3.13. The molecule has 0 aliphatic rings. The third kappa shape index (κ3) is 3.69. The van der Waals surface area contributed by atoms with Crippen molar-refractivity contribution in [3.63, 3.8) is 0 Å². The maximum Gasteiger partial charge on any atom is 0.254 e. The Balaban J connectivity index is 2.78. The molecule has 1 aromatic carbocycles. The number of nitrogens with one attached hydrogen (secondary N) is 1. The quantitative estimate of drug-likeness (QED) is 0.747. The van der Waals surface area contributed by atoms with Crippen molar-refractivity contribution in [2.45, 2.75) is 6.04 Å². The summed E-state index contributed by atoms with van der Waals surface area (Å²) in [6, 6.07) is 7.58. The van der Waals surface area contributed by atoms with E-state index in [1.165, 1.54) is 0 Å². The van der Waals surface area contributed by atoms with Gasteiger partial charge in [0.1, 0.15) is 6.04 Å². The lowest BCUT2D eigenvalue weighted by atomic mass is 10.1. The predicted molar refractivity (Wildman–Crippen MR) is 56.4 cm³/mol. The van der Waals surface area contributed by atoms with Crippen molar-refractivity contribution in [1.82, 2.24) is 4.72 Å². The number of hydrogen-bond acceptors (Lipinski definition) is 4. The summed E-state index contributed by atoms with van der Waals surface area (Å²) in [4.78, 5) is 11.3. The lowest BCUT2D eigenvalue weighted by molar-refractivity contribution is -0.120. The van der Waals surface area contributed by atoms with E-state index in [1.54, 1.807) is 30.3 Å². The fraction of sp³-hybridized carbons (Fsp3) is 0.222. The summed E-state index contributed by atoms with van der Waals surface area (Å²) >= 11 is 0. The summed E-state index contributed by atoms with van der Waals surface area (Å²) in [7, 11) is -3.56. The van der Waals surface area contributed by atoms with E-state index in [9.17, 15) is 13.2 Å². The molecule has 3 N–H and O–H groups in total. The van der Waals surface area contributed by atoms with Crippen LogP contribution in [0.4, 0.5) is 0 Å². The summed E-state index contributed by atoms with van der Waals surface area (Å²) < 4.78 is 23.4.